The van der Waals surface area contributed by atoms with E-state index in [1.165, 1.54) is 0 Å². The van der Waals surface area contributed by atoms with Gasteiger partial charge in [0.25, 0.3) is 5.91 Å². The van der Waals surface area contributed by atoms with Crippen LogP contribution in [0.25, 0.3) is 0 Å². The second-order valence-electron chi connectivity index (χ2n) is 7.29. The fourth-order valence-corrected chi connectivity index (χ4v) is 4.44. The average Bonchev–Trinajstić information content (AvgIpc) is 3.00. The fourth-order valence-electron chi connectivity index (χ4n) is 2.86. The van der Waals surface area contributed by atoms with Crippen LogP contribution in [0.5, 0.6) is 0 Å². The number of carbonyl (C=O) groups is 2. The Bertz CT molecular complexity index is 568. The Morgan fingerprint density at radius 3 is 2.50 bits per heavy atom. The Kier molecular flexibility index (Phi) is 6.33. The zero-order valence-electron chi connectivity index (χ0n) is 15.0. The van der Waals surface area contributed by atoms with E-state index >= 15 is 0 Å². The van der Waals surface area contributed by atoms with Gasteiger partial charge in [0.2, 0.25) is 5.91 Å². The van der Waals surface area contributed by atoms with Gasteiger partial charge >= 0.3 is 0 Å². The van der Waals surface area contributed by atoms with Gasteiger partial charge < -0.3 is 10.2 Å². The molecule has 0 aliphatic carbocycles. The minimum atomic E-state index is -0.399. The summed E-state index contributed by atoms with van der Waals surface area (Å²) in [5.41, 5.74) is 0.550. The molecule has 2 amide bonds. The van der Waals surface area contributed by atoms with Crippen molar-refractivity contribution >= 4 is 23.6 Å². The lowest BCUT2D eigenvalue weighted by molar-refractivity contribution is -0.125. The predicted molar refractivity (Wildman–Crippen MR) is 100 cm³/mol. The van der Waals surface area contributed by atoms with Crippen molar-refractivity contribution in [3.63, 3.8) is 0 Å². The first-order chi connectivity index (χ1) is 11.4. The van der Waals surface area contributed by atoms with Crippen molar-refractivity contribution in [1.29, 1.82) is 0 Å². The molecule has 4 nitrogen and oxygen atoms in total. The number of rotatable bonds is 5. The monoisotopic (exact) mass is 348 g/mol. The molecule has 24 heavy (non-hydrogen) atoms. The van der Waals surface area contributed by atoms with E-state index in [0.29, 0.717) is 17.9 Å². The zero-order chi connectivity index (χ0) is 17.7. The summed E-state index contributed by atoms with van der Waals surface area (Å²) in [4.78, 5) is 27.5. The van der Waals surface area contributed by atoms with Crippen molar-refractivity contribution in [2.75, 3.05) is 12.3 Å². The quantitative estimate of drug-likeness (QED) is 0.828. The number of thioether (sulfide) groups is 1. The summed E-state index contributed by atoms with van der Waals surface area (Å²) >= 11 is 1.70. The highest BCUT2D eigenvalue weighted by atomic mass is 32.2. The highest BCUT2D eigenvalue weighted by Gasteiger charge is 2.46. The van der Waals surface area contributed by atoms with E-state index in [1.54, 1.807) is 16.7 Å². The second-order valence-corrected chi connectivity index (χ2v) is 8.40. The molecule has 0 saturated carbocycles. The van der Waals surface area contributed by atoms with Crippen LogP contribution in [0, 0.1) is 5.41 Å². The van der Waals surface area contributed by atoms with E-state index in [1.807, 2.05) is 30.3 Å². The van der Waals surface area contributed by atoms with Crippen LogP contribution < -0.4 is 5.32 Å². The van der Waals surface area contributed by atoms with E-state index in [2.05, 4.69) is 33.0 Å². The highest BCUT2D eigenvalue weighted by Crippen LogP contribution is 2.41. The third kappa shape index (κ3) is 4.32. The molecule has 1 aliphatic heterocycles. The molecule has 5 heteroatoms. The Hall–Kier alpha value is -1.49. The Morgan fingerprint density at radius 2 is 1.92 bits per heavy atom. The maximum Gasteiger partial charge on any atom is 0.255 e. The Labute approximate surface area is 149 Å². The Balaban J connectivity index is 2.24. The lowest BCUT2D eigenvalue weighted by atomic mass is 9.94. The molecule has 2 unspecified atom stereocenters. The standard InChI is InChI=1S/C19H28N2O2S/c1-5-6-12-20-16(22)15-13-24-18(19(2,3)4)21(15)17(23)14-10-8-7-9-11-14/h7-11,15,18H,5-6,12-13H2,1-4H3,(H,20,22). The molecule has 2 atom stereocenters. The maximum absolute atomic E-state index is 13.1. The van der Waals surface area contributed by atoms with Gasteiger partial charge in [0.1, 0.15) is 6.04 Å². The lowest BCUT2D eigenvalue weighted by Crippen LogP contribution is -2.52. The molecule has 132 valence electrons. The molecule has 0 spiro atoms. The molecule has 1 aliphatic rings. The smallest absolute Gasteiger partial charge is 0.255 e. The molecule has 1 aromatic carbocycles. The number of hydrogen-bond acceptors (Lipinski definition) is 3. The van der Waals surface area contributed by atoms with Crippen LogP contribution in [0.15, 0.2) is 30.3 Å². The van der Waals surface area contributed by atoms with Gasteiger partial charge in [-0.05, 0) is 24.0 Å². The number of benzene rings is 1. The summed E-state index contributed by atoms with van der Waals surface area (Å²) in [6.07, 6.45) is 2.00. The molecule has 0 radical (unpaired) electrons. The zero-order valence-corrected chi connectivity index (χ0v) is 15.9. The van der Waals surface area contributed by atoms with Gasteiger partial charge in [-0.15, -0.1) is 11.8 Å². The van der Waals surface area contributed by atoms with Crippen LogP contribution in [-0.4, -0.2) is 40.4 Å². The van der Waals surface area contributed by atoms with E-state index in [4.69, 9.17) is 0 Å². The molecule has 0 bridgehead atoms. The summed E-state index contributed by atoms with van der Waals surface area (Å²) in [6.45, 7) is 9.12. The van der Waals surface area contributed by atoms with Crippen LogP contribution >= 0.6 is 11.8 Å². The number of carbonyl (C=O) groups excluding carboxylic acids is 2. The molecule has 1 N–H and O–H groups in total. The molecule has 1 saturated heterocycles. The first-order valence-corrected chi connectivity index (χ1v) is 9.68. The highest BCUT2D eigenvalue weighted by molar-refractivity contribution is 8.00. The summed E-state index contributed by atoms with van der Waals surface area (Å²) in [6, 6.07) is 8.85. The first-order valence-electron chi connectivity index (χ1n) is 8.63. The second kappa shape index (κ2) is 8.06. The van der Waals surface area contributed by atoms with Crippen LogP contribution in [0.4, 0.5) is 0 Å². The van der Waals surface area contributed by atoms with Crippen LogP contribution in [0.2, 0.25) is 0 Å². The van der Waals surface area contributed by atoms with Crippen molar-refractivity contribution in [3.05, 3.63) is 35.9 Å². The predicted octanol–water partition coefficient (Wildman–Crippen LogP) is 3.53. The van der Waals surface area contributed by atoms with E-state index < -0.39 is 6.04 Å². The number of amides is 2. The molecular weight excluding hydrogens is 320 g/mol. The molecule has 1 aromatic rings. The normalized spacial score (nSPS) is 20.9. The topological polar surface area (TPSA) is 49.4 Å². The van der Waals surface area contributed by atoms with Gasteiger partial charge in [-0.3, -0.25) is 9.59 Å². The lowest BCUT2D eigenvalue weighted by Gasteiger charge is -2.36. The van der Waals surface area contributed by atoms with Gasteiger partial charge in [-0.2, -0.15) is 0 Å². The van der Waals surface area contributed by atoms with Crippen LogP contribution in [-0.2, 0) is 4.79 Å². The first kappa shape index (κ1) is 18.8. The van der Waals surface area contributed by atoms with Crippen molar-refractivity contribution in [1.82, 2.24) is 10.2 Å². The number of nitrogens with one attached hydrogen (secondary N) is 1. The van der Waals surface area contributed by atoms with Gasteiger partial charge in [0.15, 0.2) is 0 Å². The van der Waals surface area contributed by atoms with Crippen molar-refractivity contribution < 1.29 is 9.59 Å². The average molecular weight is 349 g/mol. The Morgan fingerprint density at radius 1 is 1.25 bits per heavy atom. The van der Waals surface area contributed by atoms with E-state index in [0.717, 1.165) is 12.8 Å². The number of nitrogens with zero attached hydrogens (tertiary/aromatic N) is 1. The van der Waals surface area contributed by atoms with E-state index in [9.17, 15) is 9.59 Å². The third-order valence-electron chi connectivity index (χ3n) is 4.13. The number of unbranched alkanes of at least 4 members (excludes halogenated alkanes) is 1. The third-order valence-corrected chi connectivity index (χ3v) is 5.89. The minimum Gasteiger partial charge on any atom is -0.354 e. The molecule has 2 rings (SSSR count). The maximum atomic E-state index is 13.1. The van der Waals surface area contributed by atoms with Crippen LogP contribution in [0.3, 0.4) is 0 Å². The van der Waals surface area contributed by atoms with Crippen LogP contribution in [0.1, 0.15) is 50.9 Å². The van der Waals surface area contributed by atoms with Gasteiger partial charge in [0, 0.05) is 17.9 Å². The largest absolute Gasteiger partial charge is 0.354 e. The summed E-state index contributed by atoms with van der Waals surface area (Å²) in [7, 11) is 0. The molecular formula is C19H28N2O2S. The van der Waals surface area contributed by atoms with Gasteiger partial charge in [0.05, 0.1) is 5.37 Å². The number of hydrogen-bond donors (Lipinski definition) is 1. The van der Waals surface area contributed by atoms with Gasteiger partial charge in [-0.1, -0.05) is 52.3 Å². The van der Waals surface area contributed by atoms with Gasteiger partial charge in [-0.25, -0.2) is 0 Å². The molecule has 1 fully saturated rings. The van der Waals surface area contributed by atoms with Crippen molar-refractivity contribution in [2.24, 2.45) is 5.41 Å². The minimum absolute atomic E-state index is 0.00729. The fraction of sp³-hybridized carbons (Fsp3) is 0.579. The molecule has 1 heterocycles. The van der Waals surface area contributed by atoms with Crippen molar-refractivity contribution in [2.45, 2.75) is 52.0 Å². The summed E-state index contributed by atoms with van der Waals surface area (Å²) < 4.78 is 0. The summed E-state index contributed by atoms with van der Waals surface area (Å²) in [5, 5.41) is 2.98. The van der Waals surface area contributed by atoms with Crippen molar-refractivity contribution in [3.8, 4) is 0 Å². The SMILES string of the molecule is CCCCNC(=O)C1CSC(C(C)(C)C)N1C(=O)c1ccccc1. The molecule has 0 aromatic heterocycles. The van der Waals surface area contributed by atoms with E-state index in [-0.39, 0.29) is 22.6 Å². The summed E-state index contributed by atoms with van der Waals surface area (Å²) in [5.74, 6) is 0.557.